The summed E-state index contributed by atoms with van der Waals surface area (Å²) in [5.74, 6) is 0. The van der Waals surface area contributed by atoms with Crippen LogP contribution in [0.3, 0.4) is 0 Å². The second-order valence-electron chi connectivity index (χ2n) is 5.61. The molecule has 1 saturated heterocycles. The van der Waals surface area contributed by atoms with Crippen molar-refractivity contribution in [3.05, 3.63) is 69.0 Å². The molecule has 2 aromatic rings. The lowest BCUT2D eigenvalue weighted by Crippen LogP contribution is -2.34. The molecular weight excluding hydrogens is 296 g/mol. The van der Waals surface area contributed by atoms with Crippen molar-refractivity contribution >= 4 is 0 Å². The van der Waals surface area contributed by atoms with E-state index >= 15 is 0 Å². The number of nitrogens with zero attached hydrogens (tertiary/aromatic N) is 1. The van der Waals surface area contributed by atoms with Gasteiger partial charge in [-0.3, -0.25) is 14.3 Å². The van der Waals surface area contributed by atoms with Crippen LogP contribution < -0.4 is 11.2 Å². The fourth-order valence-electron chi connectivity index (χ4n) is 2.88. The number of hydrogen-bond acceptors (Lipinski definition) is 4. The minimum atomic E-state index is -0.386. The SMILES string of the molecule is O=c1ccn([C@@H]2CCO[C@@H]2CCOCc2ccccc2)c(=O)[nH]1. The average molecular weight is 316 g/mol. The van der Waals surface area contributed by atoms with Gasteiger partial charge in [-0.05, 0) is 18.4 Å². The molecule has 0 radical (unpaired) electrons. The summed E-state index contributed by atoms with van der Waals surface area (Å²) in [6.07, 6.45) is 2.94. The first kappa shape index (κ1) is 15.7. The van der Waals surface area contributed by atoms with Crippen molar-refractivity contribution in [3.63, 3.8) is 0 Å². The molecule has 3 rings (SSSR count). The molecule has 0 amide bonds. The van der Waals surface area contributed by atoms with Gasteiger partial charge in [-0.25, -0.2) is 4.79 Å². The van der Waals surface area contributed by atoms with Gasteiger partial charge in [0.05, 0.1) is 18.8 Å². The summed E-state index contributed by atoms with van der Waals surface area (Å²) in [5, 5.41) is 0. The molecule has 0 aliphatic carbocycles. The molecule has 2 atom stereocenters. The predicted octanol–water partition coefficient (Wildman–Crippen LogP) is 1.47. The third kappa shape index (κ3) is 3.97. The summed E-state index contributed by atoms with van der Waals surface area (Å²) < 4.78 is 13.0. The molecule has 122 valence electrons. The summed E-state index contributed by atoms with van der Waals surface area (Å²) in [6.45, 7) is 1.74. The molecule has 2 heterocycles. The third-order valence-corrected chi connectivity index (χ3v) is 4.04. The Kier molecular flexibility index (Phi) is 5.05. The first-order chi connectivity index (χ1) is 11.2. The minimum absolute atomic E-state index is 0.0559. The molecule has 0 spiro atoms. The van der Waals surface area contributed by atoms with Gasteiger partial charge in [0.2, 0.25) is 0 Å². The van der Waals surface area contributed by atoms with Crippen LogP contribution >= 0.6 is 0 Å². The van der Waals surface area contributed by atoms with Crippen LogP contribution in [0.5, 0.6) is 0 Å². The first-order valence-corrected chi connectivity index (χ1v) is 7.79. The fraction of sp³-hybridized carbons (Fsp3) is 0.412. The Morgan fingerprint density at radius 2 is 2.04 bits per heavy atom. The molecule has 0 bridgehead atoms. The number of nitrogens with one attached hydrogen (secondary N) is 1. The van der Waals surface area contributed by atoms with Crippen LogP contribution in [-0.2, 0) is 16.1 Å². The lowest BCUT2D eigenvalue weighted by atomic mass is 10.1. The predicted molar refractivity (Wildman–Crippen MR) is 85.4 cm³/mol. The topological polar surface area (TPSA) is 73.3 Å². The highest BCUT2D eigenvalue weighted by Crippen LogP contribution is 2.26. The van der Waals surface area contributed by atoms with Gasteiger partial charge in [0.1, 0.15) is 0 Å². The maximum Gasteiger partial charge on any atom is 0.328 e. The molecule has 1 aromatic carbocycles. The number of rotatable bonds is 6. The molecule has 6 nitrogen and oxygen atoms in total. The maximum atomic E-state index is 11.9. The van der Waals surface area contributed by atoms with E-state index in [1.807, 2.05) is 30.3 Å². The summed E-state index contributed by atoms with van der Waals surface area (Å²) in [5.41, 5.74) is 0.365. The van der Waals surface area contributed by atoms with Crippen molar-refractivity contribution in [2.24, 2.45) is 0 Å². The zero-order chi connectivity index (χ0) is 16.1. The van der Waals surface area contributed by atoms with Gasteiger partial charge in [-0.15, -0.1) is 0 Å². The van der Waals surface area contributed by atoms with Crippen molar-refractivity contribution in [2.45, 2.75) is 31.6 Å². The van der Waals surface area contributed by atoms with Gasteiger partial charge in [0.25, 0.3) is 5.56 Å². The average Bonchev–Trinajstić information content (AvgIpc) is 3.01. The van der Waals surface area contributed by atoms with Crippen LogP contribution in [0.2, 0.25) is 0 Å². The van der Waals surface area contributed by atoms with Crippen LogP contribution in [0.1, 0.15) is 24.4 Å². The van der Waals surface area contributed by atoms with Gasteiger partial charge in [0, 0.05) is 25.5 Å². The zero-order valence-electron chi connectivity index (χ0n) is 12.8. The second-order valence-corrected chi connectivity index (χ2v) is 5.61. The largest absolute Gasteiger partial charge is 0.377 e. The Bertz CT molecular complexity index is 738. The van der Waals surface area contributed by atoms with E-state index in [1.54, 1.807) is 10.8 Å². The van der Waals surface area contributed by atoms with Crippen molar-refractivity contribution in [2.75, 3.05) is 13.2 Å². The Morgan fingerprint density at radius 3 is 2.83 bits per heavy atom. The van der Waals surface area contributed by atoms with E-state index in [0.29, 0.717) is 26.2 Å². The molecule has 1 fully saturated rings. The Morgan fingerprint density at radius 1 is 1.22 bits per heavy atom. The number of aromatic amines is 1. The maximum absolute atomic E-state index is 11.9. The number of hydrogen-bond donors (Lipinski definition) is 1. The lowest BCUT2D eigenvalue weighted by Gasteiger charge is -2.20. The number of aromatic nitrogens is 2. The Hall–Kier alpha value is -2.18. The van der Waals surface area contributed by atoms with Crippen molar-refractivity contribution < 1.29 is 9.47 Å². The van der Waals surface area contributed by atoms with Crippen molar-refractivity contribution in [1.82, 2.24) is 9.55 Å². The minimum Gasteiger partial charge on any atom is -0.377 e. The number of H-pyrrole nitrogens is 1. The summed E-state index contributed by atoms with van der Waals surface area (Å²) >= 11 is 0. The number of ether oxygens (including phenoxy) is 2. The third-order valence-electron chi connectivity index (χ3n) is 4.04. The number of benzene rings is 1. The Balaban J connectivity index is 1.55. The Labute approximate surface area is 133 Å². The molecule has 6 heteroatoms. The quantitative estimate of drug-likeness (QED) is 0.819. The van der Waals surface area contributed by atoms with Gasteiger partial charge in [-0.1, -0.05) is 30.3 Å². The second kappa shape index (κ2) is 7.39. The highest BCUT2D eigenvalue weighted by atomic mass is 16.5. The molecule has 1 aliphatic heterocycles. The van der Waals surface area contributed by atoms with E-state index in [1.165, 1.54) is 6.07 Å². The standard InChI is InChI=1S/C17H20N2O4/c20-16-6-9-19(17(21)18-16)14-7-11-23-15(14)8-10-22-12-13-4-2-1-3-5-13/h1-6,9,14-15H,7-8,10-12H2,(H,18,20,21)/t14-,15-/m1/s1. The zero-order valence-corrected chi connectivity index (χ0v) is 12.8. The molecule has 0 unspecified atom stereocenters. The van der Waals surface area contributed by atoms with Gasteiger partial charge < -0.3 is 9.47 Å². The summed E-state index contributed by atoms with van der Waals surface area (Å²) in [7, 11) is 0. The van der Waals surface area contributed by atoms with Crippen molar-refractivity contribution in [3.8, 4) is 0 Å². The molecule has 0 saturated carbocycles. The van der Waals surface area contributed by atoms with Crippen LogP contribution in [-0.4, -0.2) is 28.9 Å². The van der Waals surface area contributed by atoms with E-state index in [0.717, 1.165) is 12.0 Å². The van der Waals surface area contributed by atoms with E-state index < -0.39 is 0 Å². The first-order valence-electron chi connectivity index (χ1n) is 7.79. The smallest absolute Gasteiger partial charge is 0.328 e. The fourth-order valence-corrected chi connectivity index (χ4v) is 2.88. The normalized spacial score (nSPS) is 20.7. The monoisotopic (exact) mass is 316 g/mol. The molecule has 1 N–H and O–H groups in total. The lowest BCUT2D eigenvalue weighted by molar-refractivity contribution is 0.0408. The van der Waals surface area contributed by atoms with Gasteiger partial charge >= 0.3 is 5.69 Å². The van der Waals surface area contributed by atoms with E-state index in [-0.39, 0.29) is 23.4 Å². The van der Waals surface area contributed by atoms with Crippen LogP contribution in [0.25, 0.3) is 0 Å². The van der Waals surface area contributed by atoms with Gasteiger partial charge in [-0.2, -0.15) is 0 Å². The van der Waals surface area contributed by atoms with Crippen molar-refractivity contribution in [1.29, 1.82) is 0 Å². The van der Waals surface area contributed by atoms with E-state index in [9.17, 15) is 9.59 Å². The summed E-state index contributed by atoms with van der Waals surface area (Å²) in [6, 6.07) is 11.3. The van der Waals surface area contributed by atoms with E-state index in [4.69, 9.17) is 9.47 Å². The van der Waals surface area contributed by atoms with Crippen LogP contribution in [0.15, 0.2) is 52.2 Å². The van der Waals surface area contributed by atoms with E-state index in [2.05, 4.69) is 4.98 Å². The summed E-state index contributed by atoms with van der Waals surface area (Å²) in [4.78, 5) is 25.4. The highest BCUT2D eigenvalue weighted by Gasteiger charge is 2.30. The highest BCUT2D eigenvalue weighted by molar-refractivity contribution is 5.13. The van der Waals surface area contributed by atoms with Crippen LogP contribution in [0.4, 0.5) is 0 Å². The molecule has 1 aromatic heterocycles. The molecular formula is C17H20N2O4. The van der Waals surface area contributed by atoms with Gasteiger partial charge in [0.15, 0.2) is 0 Å². The molecule has 23 heavy (non-hydrogen) atoms. The van der Waals surface area contributed by atoms with Crippen LogP contribution in [0, 0.1) is 0 Å². The molecule has 1 aliphatic rings.